The van der Waals surface area contributed by atoms with Gasteiger partial charge in [0.25, 0.3) is 0 Å². The number of carbonyl (C=O) groups is 1. The first-order valence-electron chi connectivity index (χ1n) is 6.63. The minimum atomic E-state index is -0.400. The van der Waals surface area contributed by atoms with Crippen LogP contribution < -0.4 is 10.2 Å². The Kier molecular flexibility index (Phi) is 4.18. The van der Waals surface area contributed by atoms with E-state index < -0.39 is 6.04 Å². The minimum absolute atomic E-state index is 0.00324. The third kappa shape index (κ3) is 3.12. The van der Waals surface area contributed by atoms with Crippen molar-refractivity contribution in [2.45, 2.75) is 38.8 Å². The van der Waals surface area contributed by atoms with Crippen LogP contribution in [0.2, 0.25) is 0 Å². The second-order valence-electron chi connectivity index (χ2n) is 5.10. The first-order valence-corrected chi connectivity index (χ1v) is 6.63. The fourth-order valence-corrected chi connectivity index (χ4v) is 2.41. The fourth-order valence-electron chi connectivity index (χ4n) is 2.41. The van der Waals surface area contributed by atoms with Crippen LogP contribution in [0.1, 0.15) is 25.3 Å². The van der Waals surface area contributed by atoms with Gasteiger partial charge in [0.05, 0.1) is 12.5 Å². The molecule has 100 valence electrons. The Morgan fingerprint density at radius 1 is 1.53 bits per heavy atom. The Bertz CT molecular complexity index is 506. The number of aryl methyl sites for hydroxylation is 1. The Balaban J connectivity index is 2.28. The number of rotatable bonds is 2. The van der Waals surface area contributed by atoms with E-state index in [-0.39, 0.29) is 18.4 Å². The molecule has 2 unspecified atom stereocenters. The van der Waals surface area contributed by atoms with E-state index in [2.05, 4.69) is 18.3 Å². The lowest BCUT2D eigenvalue weighted by Gasteiger charge is -2.23. The summed E-state index contributed by atoms with van der Waals surface area (Å²) in [4.78, 5) is 14.3. The Labute approximate surface area is 114 Å². The maximum Gasteiger partial charge on any atom is 0.245 e. The van der Waals surface area contributed by atoms with Crippen molar-refractivity contribution in [1.82, 2.24) is 5.32 Å². The molecular weight excluding hydrogens is 238 g/mol. The van der Waals surface area contributed by atoms with Crippen LogP contribution in [-0.4, -0.2) is 24.5 Å². The highest BCUT2D eigenvalue weighted by Crippen LogP contribution is 2.20. The van der Waals surface area contributed by atoms with Crippen LogP contribution >= 0.6 is 0 Å². The summed E-state index contributed by atoms with van der Waals surface area (Å²) in [5.41, 5.74) is 2.05. The van der Waals surface area contributed by atoms with Gasteiger partial charge < -0.3 is 10.2 Å². The van der Waals surface area contributed by atoms with Crippen molar-refractivity contribution >= 4 is 11.6 Å². The summed E-state index contributed by atoms with van der Waals surface area (Å²) >= 11 is 0. The summed E-state index contributed by atoms with van der Waals surface area (Å²) < 4.78 is 0. The molecular formula is C15H19N3O. The van der Waals surface area contributed by atoms with Gasteiger partial charge in [-0.2, -0.15) is 5.26 Å². The smallest absolute Gasteiger partial charge is 0.245 e. The van der Waals surface area contributed by atoms with Crippen molar-refractivity contribution < 1.29 is 4.79 Å². The molecule has 0 aromatic heterocycles. The maximum absolute atomic E-state index is 12.5. The molecule has 1 aliphatic heterocycles. The van der Waals surface area contributed by atoms with E-state index in [0.717, 1.165) is 17.7 Å². The van der Waals surface area contributed by atoms with Gasteiger partial charge in [0.15, 0.2) is 0 Å². The second-order valence-corrected chi connectivity index (χ2v) is 5.10. The highest BCUT2D eigenvalue weighted by atomic mass is 16.2. The zero-order valence-electron chi connectivity index (χ0n) is 11.4. The van der Waals surface area contributed by atoms with Crippen molar-refractivity contribution in [3.63, 3.8) is 0 Å². The first-order chi connectivity index (χ1) is 9.11. The molecule has 1 aromatic carbocycles. The van der Waals surface area contributed by atoms with Gasteiger partial charge in [0.2, 0.25) is 5.91 Å². The summed E-state index contributed by atoms with van der Waals surface area (Å²) in [5.74, 6) is -0.00324. The first kappa shape index (κ1) is 13.6. The van der Waals surface area contributed by atoms with Crippen LogP contribution in [0.25, 0.3) is 0 Å². The van der Waals surface area contributed by atoms with Crippen LogP contribution in [0.5, 0.6) is 0 Å². The molecule has 4 nitrogen and oxygen atoms in total. The van der Waals surface area contributed by atoms with Crippen molar-refractivity contribution in [2.24, 2.45) is 0 Å². The van der Waals surface area contributed by atoms with Gasteiger partial charge in [-0.15, -0.1) is 0 Å². The Morgan fingerprint density at radius 3 is 3.00 bits per heavy atom. The number of carbonyl (C=O) groups excluding carboxylic acids is 1. The van der Waals surface area contributed by atoms with Gasteiger partial charge in [-0.25, -0.2) is 0 Å². The normalized spacial score (nSPS) is 23.8. The molecule has 0 bridgehead atoms. The van der Waals surface area contributed by atoms with Crippen LogP contribution in [0.3, 0.4) is 0 Å². The maximum atomic E-state index is 12.5. The third-order valence-corrected chi connectivity index (χ3v) is 3.44. The number of hydrogen-bond donors (Lipinski definition) is 1. The summed E-state index contributed by atoms with van der Waals surface area (Å²) in [6.45, 7) is 4.76. The van der Waals surface area contributed by atoms with Gasteiger partial charge in [-0.05, 0) is 38.0 Å². The molecule has 1 amide bonds. The number of nitriles is 1. The van der Waals surface area contributed by atoms with E-state index in [1.54, 1.807) is 4.90 Å². The number of nitrogens with zero attached hydrogens (tertiary/aromatic N) is 2. The molecule has 4 heteroatoms. The van der Waals surface area contributed by atoms with E-state index in [1.807, 2.05) is 31.2 Å². The molecule has 0 spiro atoms. The van der Waals surface area contributed by atoms with Crippen LogP contribution in [0.15, 0.2) is 24.3 Å². The van der Waals surface area contributed by atoms with Crippen LogP contribution in [0, 0.1) is 18.3 Å². The zero-order chi connectivity index (χ0) is 13.8. The van der Waals surface area contributed by atoms with E-state index in [4.69, 9.17) is 5.26 Å². The molecule has 1 aromatic rings. The lowest BCUT2D eigenvalue weighted by Crippen LogP contribution is -2.45. The van der Waals surface area contributed by atoms with Gasteiger partial charge in [-0.1, -0.05) is 12.1 Å². The Hall–Kier alpha value is -1.86. The summed E-state index contributed by atoms with van der Waals surface area (Å²) in [6.07, 6.45) is 1.10. The standard InChI is InChI=1S/C15H19N3O/c1-11-4-3-5-13(10-11)18-9-7-12(2)17-14(6-8-16)15(18)19/h3-5,10,12,14,17H,6-7,9H2,1-2H3. The highest BCUT2D eigenvalue weighted by Gasteiger charge is 2.29. The van der Waals surface area contributed by atoms with Gasteiger partial charge in [-0.3, -0.25) is 4.79 Å². The SMILES string of the molecule is Cc1cccc(N2CCC(C)NC(CC#N)C2=O)c1. The van der Waals surface area contributed by atoms with Crippen molar-refractivity contribution in [1.29, 1.82) is 5.26 Å². The highest BCUT2D eigenvalue weighted by molar-refractivity contribution is 5.97. The topological polar surface area (TPSA) is 56.1 Å². The minimum Gasteiger partial charge on any atom is -0.311 e. The van der Waals surface area contributed by atoms with Gasteiger partial charge in [0.1, 0.15) is 6.04 Å². The molecule has 2 atom stereocenters. The lowest BCUT2D eigenvalue weighted by atomic mass is 10.1. The van der Waals surface area contributed by atoms with Crippen molar-refractivity contribution in [3.05, 3.63) is 29.8 Å². The predicted octanol–water partition coefficient (Wildman–Crippen LogP) is 1.99. The average Bonchev–Trinajstić information content (AvgIpc) is 2.51. The van der Waals surface area contributed by atoms with Crippen molar-refractivity contribution in [2.75, 3.05) is 11.4 Å². The Morgan fingerprint density at radius 2 is 2.32 bits per heavy atom. The van der Waals surface area contributed by atoms with E-state index in [0.29, 0.717) is 6.54 Å². The fraction of sp³-hybridized carbons (Fsp3) is 0.467. The average molecular weight is 257 g/mol. The lowest BCUT2D eigenvalue weighted by molar-refractivity contribution is -0.120. The molecule has 19 heavy (non-hydrogen) atoms. The predicted molar refractivity (Wildman–Crippen MR) is 74.8 cm³/mol. The van der Waals surface area contributed by atoms with E-state index in [1.165, 1.54) is 0 Å². The molecule has 0 radical (unpaired) electrons. The number of hydrogen-bond acceptors (Lipinski definition) is 3. The van der Waals surface area contributed by atoms with Crippen molar-refractivity contribution in [3.8, 4) is 6.07 Å². The number of nitrogens with one attached hydrogen (secondary N) is 1. The van der Waals surface area contributed by atoms with Gasteiger partial charge >= 0.3 is 0 Å². The molecule has 1 aliphatic rings. The molecule has 0 aliphatic carbocycles. The van der Waals surface area contributed by atoms with Crippen LogP contribution in [-0.2, 0) is 4.79 Å². The summed E-state index contributed by atoms with van der Waals surface area (Å²) in [5, 5.41) is 12.1. The molecule has 0 saturated carbocycles. The zero-order valence-corrected chi connectivity index (χ0v) is 11.4. The molecule has 1 heterocycles. The molecule has 2 rings (SSSR count). The largest absolute Gasteiger partial charge is 0.311 e. The van der Waals surface area contributed by atoms with E-state index in [9.17, 15) is 4.79 Å². The molecule has 1 N–H and O–H groups in total. The summed E-state index contributed by atoms with van der Waals surface area (Å²) in [7, 11) is 0. The molecule has 1 fully saturated rings. The van der Waals surface area contributed by atoms with Crippen LogP contribution in [0.4, 0.5) is 5.69 Å². The third-order valence-electron chi connectivity index (χ3n) is 3.44. The quantitative estimate of drug-likeness (QED) is 0.881. The summed E-state index contributed by atoms with van der Waals surface area (Å²) in [6, 6.07) is 9.87. The second kappa shape index (κ2) is 5.85. The monoisotopic (exact) mass is 257 g/mol. The molecule has 1 saturated heterocycles. The van der Waals surface area contributed by atoms with Gasteiger partial charge in [0, 0.05) is 18.3 Å². The number of benzene rings is 1. The number of amides is 1. The van der Waals surface area contributed by atoms with E-state index >= 15 is 0 Å². The number of anilines is 1.